The van der Waals surface area contributed by atoms with Gasteiger partial charge in [-0.2, -0.15) is 0 Å². The predicted octanol–water partition coefficient (Wildman–Crippen LogP) is -0.556. The quantitative estimate of drug-likeness (QED) is 0.592. The Hall–Kier alpha value is -2.53. The largest absolute Gasteiger partial charge is 0.345 e. The molecular weight excluding hydrogens is 403 g/mol. The maximum atomic E-state index is 12.9. The highest BCUT2D eigenvalue weighted by Crippen LogP contribution is 2.18. The first-order chi connectivity index (χ1) is 13.8. The molecule has 11 heteroatoms. The first-order valence-corrected chi connectivity index (χ1v) is 10.9. The van der Waals surface area contributed by atoms with Crippen molar-refractivity contribution in [1.82, 2.24) is 19.8 Å². The molecule has 2 N–H and O–H groups in total. The molecule has 1 saturated carbocycles. The van der Waals surface area contributed by atoms with Crippen molar-refractivity contribution < 1.29 is 27.2 Å². The summed E-state index contributed by atoms with van der Waals surface area (Å²) in [6, 6.07) is 4.49. The Bertz CT molecular complexity index is 878. The summed E-state index contributed by atoms with van der Waals surface area (Å²) in [6.45, 7) is 0.980. The summed E-state index contributed by atoms with van der Waals surface area (Å²) in [7, 11) is -3.82. The van der Waals surface area contributed by atoms with Crippen LogP contribution in [-0.4, -0.2) is 74.7 Å². The van der Waals surface area contributed by atoms with E-state index in [1.165, 1.54) is 9.80 Å². The molecule has 0 bridgehead atoms. The second-order valence-electron chi connectivity index (χ2n) is 7.02. The summed E-state index contributed by atoms with van der Waals surface area (Å²) >= 11 is 0. The molecule has 1 aliphatic carbocycles. The van der Waals surface area contributed by atoms with Crippen LogP contribution in [0, 0.1) is 5.82 Å². The summed E-state index contributed by atoms with van der Waals surface area (Å²) in [5, 5.41) is 2.65. The minimum atomic E-state index is -3.82. The molecule has 29 heavy (non-hydrogen) atoms. The SMILES string of the molecule is O=C(NC1CC1)C(=O)N1CCN(C(=O)CCNS(=O)(=O)c2ccc(F)cc2)CC1. The molecule has 1 aliphatic heterocycles. The Labute approximate surface area is 168 Å². The van der Waals surface area contributed by atoms with Crippen LogP contribution in [0.4, 0.5) is 4.39 Å². The maximum Gasteiger partial charge on any atom is 0.312 e. The van der Waals surface area contributed by atoms with Crippen LogP contribution in [0.1, 0.15) is 19.3 Å². The molecule has 2 aliphatic rings. The van der Waals surface area contributed by atoms with Crippen LogP contribution in [0.2, 0.25) is 0 Å². The number of rotatable bonds is 6. The normalized spacial score (nSPS) is 17.1. The van der Waals surface area contributed by atoms with Crippen molar-refractivity contribution >= 4 is 27.7 Å². The standard InChI is InChI=1S/C18H23FN4O5S/c19-13-1-5-15(6-2-13)29(27,28)20-8-7-16(24)22-9-11-23(12-10-22)18(26)17(25)21-14-3-4-14/h1-2,5-6,14,20H,3-4,7-12H2,(H,21,25). The number of hydrogen-bond donors (Lipinski definition) is 2. The topological polar surface area (TPSA) is 116 Å². The Balaban J connectivity index is 1.41. The summed E-state index contributed by atoms with van der Waals surface area (Å²) in [6.07, 6.45) is 1.75. The molecular formula is C18H23FN4O5S. The average Bonchev–Trinajstić information content (AvgIpc) is 3.51. The van der Waals surface area contributed by atoms with E-state index in [0.29, 0.717) is 0 Å². The number of hydrogen-bond acceptors (Lipinski definition) is 5. The van der Waals surface area contributed by atoms with Crippen molar-refractivity contribution in [3.05, 3.63) is 30.1 Å². The van der Waals surface area contributed by atoms with Crippen LogP contribution in [0.15, 0.2) is 29.2 Å². The van der Waals surface area contributed by atoms with Crippen LogP contribution in [0.3, 0.4) is 0 Å². The molecule has 0 atom stereocenters. The van der Waals surface area contributed by atoms with E-state index >= 15 is 0 Å². The molecule has 1 heterocycles. The first kappa shape index (κ1) is 21.2. The fourth-order valence-electron chi connectivity index (χ4n) is 2.92. The summed E-state index contributed by atoms with van der Waals surface area (Å²) in [5.74, 6) is -1.98. The number of carbonyl (C=O) groups excluding carboxylic acids is 3. The van der Waals surface area contributed by atoms with Gasteiger partial charge in [0.1, 0.15) is 5.82 Å². The van der Waals surface area contributed by atoms with Crippen LogP contribution in [0.25, 0.3) is 0 Å². The van der Waals surface area contributed by atoms with Gasteiger partial charge in [0.25, 0.3) is 0 Å². The Morgan fingerprint density at radius 2 is 1.59 bits per heavy atom. The number of nitrogens with one attached hydrogen (secondary N) is 2. The van der Waals surface area contributed by atoms with Gasteiger partial charge in [-0.05, 0) is 37.1 Å². The van der Waals surface area contributed by atoms with Crippen molar-refractivity contribution in [3.63, 3.8) is 0 Å². The van der Waals surface area contributed by atoms with E-state index in [2.05, 4.69) is 10.0 Å². The number of piperazine rings is 1. The zero-order valence-corrected chi connectivity index (χ0v) is 16.6. The highest BCUT2D eigenvalue weighted by molar-refractivity contribution is 7.89. The van der Waals surface area contributed by atoms with E-state index < -0.39 is 27.7 Å². The van der Waals surface area contributed by atoms with Crippen molar-refractivity contribution in [2.45, 2.75) is 30.2 Å². The van der Waals surface area contributed by atoms with Gasteiger partial charge >= 0.3 is 11.8 Å². The van der Waals surface area contributed by atoms with Gasteiger partial charge in [-0.3, -0.25) is 14.4 Å². The molecule has 1 saturated heterocycles. The van der Waals surface area contributed by atoms with Crippen LogP contribution < -0.4 is 10.0 Å². The highest BCUT2D eigenvalue weighted by Gasteiger charge is 2.31. The van der Waals surface area contributed by atoms with Gasteiger partial charge in [0.15, 0.2) is 0 Å². The van der Waals surface area contributed by atoms with Crippen LogP contribution in [-0.2, 0) is 24.4 Å². The number of halogens is 1. The minimum Gasteiger partial charge on any atom is -0.345 e. The highest BCUT2D eigenvalue weighted by atomic mass is 32.2. The zero-order valence-electron chi connectivity index (χ0n) is 15.8. The number of nitrogens with zero attached hydrogens (tertiary/aromatic N) is 2. The summed E-state index contributed by atoms with van der Waals surface area (Å²) in [5.41, 5.74) is 0. The van der Waals surface area contributed by atoms with Crippen LogP contribution in [0.5, 0.6) is 0 Å². The lowest BCUT2D eigenvalue weighted by Crippen LogP contribution is -2.54. The van der Waals surface area contributed by atoms with Gasteiger partial charge < -0.3 is 15.1 Å². The zero-order chi connectivity index (χ0) is 21.0. The fourth-order valence-corrected chi connectivity index (χ4v) is 3.96. The maximum absolute atomic E-state index is 12.9. The lowest BCUT2D eigenvalue weighted by molar-refractivity contribution is -0.148. The van der Waals surface area contributed by atoms with E-state index in [1.54, 1.807) is 0 Å². The second-order valence-corrected chi connectivity index (χ2v) is 8.79. The smallest absolute Gasteiger partial charge is 0.312 e. The van der Waals surface area contributed by atoms with E-state index in [1.807, 2.05) is 0 Å². The molecule has 1 aromatic rings. The molecule has 0 spiro atoms. The van der Waals surface area contributed by atoms with Gasteiger partial charge in [-0.1, -0.05) is 0 Å². The van der Waals surface area contributed by atoms with Gasteiger partial charge in [0.05, 0.1) is 4.90 Å². The number of carbonyl (C=O) groups is 3. The Morgan fingerprint density at radius 3 is 2.17 bits per heavy atom. The Kier molecular flexibility index (Phi) is 6.48. The monoisotopic (exact) mass is 426 g/mol. The average molecular weight is 426 g/mol. The molecule has 9 nitrogen and oxygen atoms in total. The number of amides is 3. The minimum absolute atomic E-state index is 0.0451. The molecule has 0 unspecified atom stereocenters. The summed E-state index contributed by atoms with van der Waals surface area (Å²) in [4.78, 5) is 39.1. The van der Waals surface area contributed by atoms with E-state index in [9.17, 15) is 27.2 Å². The van der Waals surface area contributed by atoms with Crippen molar-refractivity contribution in [1.29, 1.82) is 0 Å². The lowest BCUT2D eigenvalue weighted by atomic mass is 10.2. The summed E-state index contributed by atoms with van der Waals surface area (Å²) < 4.78 is 39.5. The molecule has 3 rings (SSSR count). The van der Waals surface area contributed by atoms with Gasteiger partial charge in [0, 0.05) is 45.2 Å². The number of benzene rings is 1. The first-order valence-electron chi connectivity index (χ1n) is 9.39. The Morgan fingerprint density at radius 1 is 1.00 bits per heavy atom. The van der Waals surface area contributed by atoms with Gasteiger partial charge in [-0.15, -0.1) is 0 Å². The van der Waals surface area contributed by atoms with E-state index in [-0.39, 0.29) is 56.0 Å². The van der Waals surface area contributed by atoms with E-state index in [4.69, 9.17) is 0 Å². The lowest BCUT2D eigenvalue weighted by Gasteiger charge is -2.34. The molecule has 0 aromatic heterocycles. The molecule has 2 fully saturated rings. The van der Waals surface area contributed by atoms with E-state index in [0.717, 1.165) is 37.1 Å². The third-order valence-electron chi connectivity index (χ3n) is 4.78. The third-order valence-corrected chi connectivity index (χ3v) is 6.26. The molecule has 3 amide bonds. The predicted molar refractivity (Wildman–Crippen MR) is 101 cm³/mol. The van der Waals surface area contributed by atoms with Gasteiger partial charge in [-0.25, -0.2) is 17.5 Å². The van der Waals surface area contributed by atoms with Crippen molar-refractivity contribution in [3.8, 4) is 0 Å². The molecule has 0 radical (unpaired) electrons. The van der Waals surface area contributed by atoms with Crippen molar-refractivity contribution in [2.24, 2.45) is 0 Å². The van der Waals surface area contributed by atoms with Crippen molar-refractivity contribution in [2.75, 3.05) is 32.7 Å². The molecule has 1 aromatic carbocycles. The van der Waals surface area contributed by atoms with Gasteiger partial charge in [0.2, 0.25) is 15.9 Å². The fraction of sp³-hybridized carbons (Fsp3) is 0.500. The van der Waals surface area contributed by atoms with Crippen LogP contribution >= 0.6 is 0 Å². The third kappa shape index (κ3) is 5.73. The second kappa shape index (κ2) is 8.87. The molecule has 158 valence electrons. The number of sulfonamides is 1.